The van der Waals surface area contributed by atoms with Gasteiger partial charge in [-0.15, -0.1) is 11.3 Å². The van der Waals surface area contributed by atoms with Gasteiger partial charge < -0.3 is 5.73 Å². The van der Waals surface area contributed by atoms with Gasteiger partial charge in [0.2, 0.25) is 0 Å². The van der Waals surface area contributed by atoms with E-state index in [4.69, 9.17) is 5.73 Å². The summed E-state index contributed by atoms with van der Waals surface area (Å²) in [5.41, 5.74) is 8.97. The zero-order valence-corrected chi connectivity index (χ0v) is 9.80. The zero-order valence-electron chi connectivity index (χ0n) is 8.98. The quantitative estimate of drug-likeness (QED) is 0.890. The van der Waals surface area contributed by atoms with E-state index in [1.165, 1.54) is 0 Å². The molecule has 2 N–H and O–H groups in total. The van der Waals surface area contributed by atoms with Crippen LogP contribution in [0.15, 0.2) is 29.9 Å². The number of rotatable bonds is 3. The Hall–Kier alpha value is -1.26. The van der Waals surface area contributed by atoms with Crippen LogP contribution in [0.1, 0.15) is 22.0 Å². The molecule has 1 atom stereocenters. The number of nitrogens with two attached hydrogens (primary N) is 1. The van der Waals surface area contributed by atoms with E-state index in [0.29, 0.717) is 17.5 Å². The summed E-state index contributed by atoms with van der Waals surface area (Å²) in [7, 11) is 0. The van der Waals surface area contributed by atoms with Crippen molar-refractivity contribution < 1.29 is 4.39 Å². The molecule has 1 unspecified atom stereocenters. The van der Waals surface area contributed by atoms with E-state index >= 15 is 0 Å². The summed E-state index contributed by atoms with van der Waals surface area (Å²) in [5, 5.41) is 0. The molecule has 2 rings (SSSR count). The van der Waals surface area contributed by atoms with Crippen molar-refractivity contribution in [3.05, 3.63) is 51.7 Å². The molecule has 0 aliphatic rings. The molecule has 0 amide bonds. The summed E-state index contributed by atoms with van der Waals surface area (Å²) in [6.07, 6.45) is 2.41. The molecular weight excluding hydrogens is 223 g/mol. The van der Waals surface area contributed by atoms with Crippen LogP contribution in [0.2, 0.25) is 0 Å². The normalized spacial score (nSPS) is 12.7. The molecule has 0 saturated carbocycles. The van der Waals surface area contributed by atoms with E-state index in [9.17, 15) is 4.39 Å². The molecule has 4 heteroatoms. The molecule has 0 fully saturated rings. The Bertz CT molecular complexity index is 468. The highest BCUT2D eigenvalue weighted by atomic mass is 32.1. The molecule has 0 radical (unpaired) electrons. The molecule has 1 aromatic carbocycles. The van der Waals surface area contributed by atoms with Crippen LogP contribution in [-0.4, -0.2) is 4.98 Å². The fourth-order valence-corrected chi connectivity index (χ4v) is 2.28. The summed E-state index contributed by atoms with van der Waals surface area (Å²) in [5.74, 6) is -0.195. The topological polar surface area (TPSA) is 38.9 Å². The largest absolute Gasteiger partial charge is 0.324 e. The molecule has 16 heavy (non-hydrogen) atoms. The minimum Gasteiger partial charge on any atom is -0.324 e. The summed E-state index contributed by atoms with van der Waals surface area (Å²) < 4.78 is 13.8. The number of thiazole rings is 1. The molecule has 1 aromatic heterocycles. The first-order valence-corrected chi connectivity index (χ1v) is 5.94. The van der Waals surface area contributed by atoms with Crippen LogP contribution in [0.5, 0.6) is 0 Å². The summed E-state index contributed by atoms with van der Waals surface area (Å²) in [4.78, 5) is 5.06. The highest BCUT2D eigenvalue weighted by molar-refractivity contribution is 7.09. The van der Waals surface area contributed by atoms with E-state index < -0.39 is 0 Å². The van der Waals surface area contributed by atoms with Crippen LogP contribution in [0.4, 0.5) is 4.39 Å². The van der Waals surface area contributed by atoms with Crippen LogP contribution >= 0.6 is 11.3 Å². The minimum atomic E-state index is -0.305. The number of aromatic nitrogens is 1. The van der Waals surface area contributed by atoms with E-state index in [1.54, 1.807) is 42.1 Å². The fraction of sp³-hybridized carbons (Fsp3) is 0.250. The van der Waals surface area contributed by atoms with Gasteiger partial charge in [-0.1, -0.05) is 18.2 Å². The Labute approximate surface area is 97.9 Å². The van der Waals surface area contributed by atoms with Gasteiger partial charge in [0.1, 0.15) is 5.82 Å². The third-order valence-electron chi connectivity index (χ3n) is 2.53. The Kier molecular flexibility index (Phi) is 3.31. The molecular formula is C12H13FN2S. The van der Waals surface area contributed by atoms with Gasteiger partial charge in [0.25, 0.3) is 0 Å². The van der Waals surface area contributed by atoms with Crippen LogP contribution in [0.25, 0.3) is 0 Å². The zero-order chi connectivity index (χ0) is 11.5. The molecule has 2 aromatic rings. The van der Waals surface area contributed by atoms with Crippen LogP contribution in [-0.2, 0) is 6.42 Å². The second-order valence-electron chi connectivity index (χ2n) is 3.76. The first-order valence-electron chi connectivity index (χ1n) is 5.06. The standard InChI is InChI=1S/C12H13FN2S/c1-8-3-2-4-10(12(8)13)11(14)5-9-6-15-7-16-9/h2-4,6-7,11H,5,14H2,1H3. The van der Waals surface area contributed by atoms with Crippen molar-refractivity contribution in [2.24, 2.45) is 5.73 Å². The third-order valence-corrected chi connectivity index (χ3v) is 3.33. The van der Waals surface area contributed by atoms with Crippen molar-refractivity contribution in [1.82, 2.24) is 4.98 Å². The predicted octanol–water partition coefficient (Wildman–Crippen LogP) is 2.83. The smallest absolute Gasteiger partial charge is 0.130 e. The number of hydrogen-bond donors (Lipinski definition) is 1. The average Bonchev–Trinajstić information content (AvgIpc) is 2.74. The van der Waals surface area contributed by atoms with Crippen molar-refractivity contribution in [2.45, 2.75) is 19.4 Å². The van der Waals surface area contributed by atoms with Crippen LogP contribution < -0.4 is 5.73 Å². The van der Waals surface area contributed by atoms with Gasteiger partial charge in [-0.2, -0.15) is 0 Å². The first kappa shape index (κ1) is 11.2. The van der Waals surface area contributed by atoms with Gasteiger partial charge in [-0.3, -0.25) is 4.98 Å². The van der Waals surface area contributed by atoms with Gasteiger partial charge in [0.15, 0.2) is 0 Å². The average molecular weight is 236 g/mol. The molecule has 2 nitrogen and oxygen atoms in total. The number of benzene rings is 1. The maximum absolute atomic E-state index is 13.8. The lowest BCUT2D eigenvalue weighted by molar-refractivity contribution is 0.574. The molecule has 0 spiro atoms. The number of halogens is 1. The first-order chi connectivity index (χ1) is 7.68. The van der Waals surface area contributed by atoms with Crippen molar-refractivity contribution in [3.63, 3.8) is 0 Å². The van der Waals surface area contributed by atoms with Crippen LogP contribution in [0, 0.1) is 12.7 Å². The Morgan fingerprint density at radius 2 is 2.31 bits per heavy atom. The SMILES string of the molecule is Cc1cccc(C(N)Cc2cncs2)c1F. The minimum absolute atomic E-state index is 0.195. The molecule has 0 bridgehead atoms. The van der Waals surface area contributed by atoms with E-state index in [-0.39, 0.29) is 11.9 Å². The highest BCUT2D eigenvalue weighted by Crippen LogP contribution is 2.22. The lowest BCUT2D eigenvalue weighted by Crippen LogP contribution is -2.15. The lowest BCUT2D eigenvalue weighted by Gasteiger charge is -2.12. The summed E-state index contributed by atoms with van der Waals surface area (Å²) in [6.45, 7) is 1.75. The maximum atomic E-state index is 13.8. The highest BCUT2D eigenvalue weighted by Gasteiger charge is 2.13. The number of hydrogen-bond acceptors (Lipinski definition) is 3. The summed E-state index contributed by atoms with van der Waals surface area (Å²) in [6, 6.07) is 5.02. The predicted molar refractivity (Wildman–Crippen MR) is 63.9 cm³/mol. The summed E-state index contributed by atoms with van der Waals surface area (Å²) >= 11 is 1.54. The van der Waals surface area contributed by atoms with Crippen molar-refractivity contribution >= 4 is 11.3 Å². The van der Waals surface area contributed by atoms with Gasteiger partial charge >= 0.3 is 0 Å². The van der Waals surface area contributed by atoms with E-state index in [0.717, 1.165) is 4.88 Å². The molecule has 0 aliphatic heterocycles. The van der Waals surface area contributed by atoms with Gasteiger partial charge in [-0.05, 0) is 12.5 Å². The Morgan fingerprint density at radius 3 is 3.00 bits per heavy atom. The van der Waals surface area contributed by atoms with E-state index in [1.807, 2.05) is 6.07 Å². The second-order valence-corrected chi connectivity index (χ2v) is 4.73. The lowest BCUT2D eigenvalue weighted by atomic mass is 10.0. The second kappa shape index (κ2) is 4.72. The van der Waals surface area contributed by atoms with Gasteiger partial charge in [-0.25, -0.2) is 4.39 Å². The van der Waals surface area contributed by atoms with Crippen molar-refractivity contribution in [3.8, 4) is 0 Å². The molecule has 0 aliphatic carbocycles. The molecule has 0 saturated heterocycles. The third kappa shape index (κ3) is 2.28. The number of nitrogens with zero attached hydrogens (tertiary/aromatic N) is 1. The van der Waals surface area contributed by atoms with E-state index in [2.05, 4.69) is 4.98 Å². The molecule has 84 valence electrons. The van der Waals surface area contributed by atoms with Crippen molar-refractivity contribution in [2.75, 3.05) is 0 Å². The van der Waals surface area contributed by atoms with Crippen LogP contribution in [0.3, 0.4) is 0 Å². The maximum Gasteiger partial charge on any atom is 0.130 e. The van der Waals surface area contributed by atoms with Gasteiger partial charge in [0, 0.05) is 29.1 Å². The fourth-order valence-electron chi connectivity index (χ4n) is 1.63. The molecule has 1 heterocycles. The number of aryl methyl sites for hydroxylation is 1. The van der Waals surface area contributed by atoms with Gasteiger partial charge in [0.05, 0.1) is 5.51 Å². The Balaban J connectivity index is 2.21. The monoisotopic (exact) mass is 236 g/mol. The Morgan fingerprint density at radius 1 is 1.50 bits per heavy atom. The van der Waals surface area contributed by atoms with Crippen molar-refractivity contribution in [1.29, 1.82) is 0 Å².